The van der Waals surface area contributed by atoms with Crippen LogP contribution in [-0.4, -0.2) is 15.2 Å². The van der Waals surface area contributed by atoms with Crippen LogP contribution >= 0.6 is 0 Å². The van der Waals surface area contributed by atoms with Crippen LogP contribution in [0.5, 0.6) is 11.5 Å². The first-order chi connectivity index (χ1) is 9.72. The monoisotopic (exact) mass is 263 g/mol. The van der Waals surface area contributed by atoms with Crippen molar-refractivity contribution in [1.29, 1.82) is 0 Å². The number of hydrogen-bond donors (Lipinski definition) is 2. The Labute approximate surface area is 116 Å². The molecule has 1 heterocycles. The van der Waals surface area contributed by atoms with Gasteiger partial charge in [-0.15, -0.1) is 0 Å². The molecule has 3 aromatic rings. The summed E-state index contributed by atoms with van der Waals surface area (Å²) in [7, 11) is 0. The van der Waals surface area contributed by atoms with Gasteiger partial charge >= 0.3 is 0 Å². The molecule has 0 radical (unpaired) electrons. The van der Waals surface area contributed by atoms with E-state index >= 15 is 0 Å². The van der Waals surface area contributed by atoms with E-state index in [1.54, 1.807) is 24.3 Å². The lowest BCUT2D eigenvalue weighted by molar-refractivity contribution is 0.475. The summed E-state index contributed by atoms with van der Waals surface area (Å²) < 4.78 is 0. The molecule has 0 unspecified atom stereocenters. The summed E-state index contributed by atoms with van der Waals surface area (Å²) in [5, 5.41) is 18.6. The lowest BCUT2D eigenvalue weighted by Gasteiger charge is -2.05. The minimum absolute atomic E-state index is 0.239. The van der Waals surface area contributed by atoms with Crippen LogP contribution in [0.3, 0.4) is 0 Å². The van der Waals surface area contributed by atoms with Gasteiger partial charge in [-0.25, -0.2) is 4.98 Å². The van der Waals surface area contributed by atoms with E-state index in [0.717, 1.165) is 22.5 Å². The van der Waals surface area contributed by atoms with E-state index in [-0.39, 0.29) is 11.5 Å². The van der Waals surface area contributed by atoms with Crippen molar-refractivity contribution in [3.63, 3.8) is 0 Å². The Bertz CT molecular complexity index is 658. The first-order valence-electron chi connectivity index (χ1n) is 6.28. The van der Waals surface area contributed by atoms with Crippen molar-refractivity contribution in [2.45, 2.75) is 0 Å². The fraction of sp³-hybridized carbons (Fsp3) is 0. The van der Waals surface area contributed by atoms with E-state index in [0.29, 0.717) is 0 Å². The van der Waals surface area contributed by atoms with Crippen LogP contribution in [-0.2, 0) is 0 Å². The van der Waals surface area contributed by atoms with Crippen LogP contribution in [0.1, 0.15) is 0 Å². The normalized spacial score (nSPS) is 10.4. The lowest BCUT2D eigenvalue weighted by Crippen LogP contribution is -1.87. The van der Waals surface area contributed by atoms with Gasteiger partial charge in [0.1, 0.15) is 11.5 Å². The molecule has 1 aromatic heterocycles. The first-order valence-corrected chi connectivity index (χ1v) is 6.28. The lowest BCUT2D eigenvalue weighted by atomic mass is 10.1. The van der Waals surface area contributed by atoms with Crippen LogP contribution in [0, 0.1) is 0 Å². The number of phenolic OH excluding ortho intramolecular Hbond substituents is 2. The first kappa shape index (κ1) is 12.2. The predicted molar refractivity (Wildman–Crippen MR) is 78.4 cm³/mol. The second-order valence-electron chi connectivity index (χ2n) is 4.50. The third-order valence-corrected chi connectivity index (χ3v) is 3.08. The van der Waals surface area contributed by atoms with Gasteiger partial charge in [0, 0.05) is 11.1 Å². The van der Waals surface area contributed by atoms with Crippen molar-refractivity contribution in [2.75, 3.05) is 0 Å². The van der Waals surface area contributed by atoms with E-state index < -0.39 is 0 Å². The zero-order valence-electron chi connectivity index (χ0n) is 10.7. The zero-order valence-corrected chi connectivity index (χ0v) is 10.7. The Morgan fingerprint density at radius 1 is 0.550 bits per heavy atom. The molecular weight excluding hydrogens is 250 g/mol. The molecular formula is C17H13NO2. The third kappa shape index (κ3) is 2.47. The number of rotatable bonds is 2. The van der Waals surface area contributed by atoms with Gasteiger partial charge in [0.15, 0.2) is 0 Å². The average Bonchev–Trinajstić information content (AvgIpc) is 2.49. The molecule has 0 saturated carbocycles. The highest BCUT2D eigenvalue weighted by Gasteiger charge is 2.03. The van der Waals surface area contributed by atoms with E-state index in [1.165, 1.54) is 0 Å². The maximum atomic E-state index is 9.32. The SMILES string of the molecule is Oc1ccc(-c2cccc(-c3ccc(O)cc3)n2)cc1. The van der Waals surface area contributed by atoms with Crippen molar-refractivity contribution in [3.05, 3.63) is 66.7 Å². The van der Waals surface area contributed by atoms with Gasteiger partial charge in [-0.3, -0.25) is 0 Å². The van der Waals surface area contributed by atoms with Crippen LogP contribution in [0.25, 0.3) is 22.5 Å². The highest BCUT2D eigenvalue weighted by Crippen LogP contribution is 2.25. The fourth-order valence-electron chi connectivity index (χ4n) is 2.02. The van der Waals surface area contributed by atoms with Crippen LogP contribution in [0.4, 0.5) is 0 Å². The molecule has 0 saturated heterocycles. The van der Waals surface area contributed by atoms with Gasteiger partial charge in [-0.05, 0) is 60.7 Å². The predicted octanol–water partition coefficient (Wildman–Crippen LogP) is 3.83. The molecule has 3 rings (SSSR count). The number of aromatic hydroxyl groups is 2. The molecule has 0 spiro atoms. The van der Waals surface area contributed by atoms with Gasteiger partial charge in [-0.2, -0.15) is 0 Å². The zero-order chi connectivity index (χ0) is 13.9. The van der Waals surface area contributed by atoms with Crippen molar-refractivity contribution in [1.82, 2.24) is 4.98 Å². The van der Waals surface area contributed by atoms with Crippen LogP contribution in [0.2, 0.25) is 0 Å². The number of benzene rings is 2. The molecule has 98 valence electrons. The largest absolute Gasteiger partial charge is 0.508 e. The second kappa shape index (κ2) is 5.05. The number of aromatic nitrogens is 1. The Balaban J connectivity index is 2.01. The van der Waals surface area contributed by atoms with E-state index in [1.807, 2.05) is 42.5 Å². The average molecular weight is 263 g/mol. The second-order valence-corrected chi connectivity index (χ2v) is 4.50. The van der Waals surface area contributed by atoms with Gasteiger partial charge in [0.2, 0.25) is 0 Å². The topological polar surface area (TPSA) is 53.4 Å². The van der Waals surface area contributed by atoms with Gasteiger partial charge < -0.3 is 10.2 Å². The van der Waals surface area contributed by atoms with Crippen molar-refractivity contribution in [2.24, 2.45) is 0 Å². The Morgan fingerprint density at radius 2 is 0.950 bits per heavy atom. The van der Waals surface area contributed by atoms with Gasteiger partial charge in [0.05, 0.1) is 11.4 Å². The Morgan fingerprint density at radius 3 is 1.35 bits per heavy atom. The minimum atomic E-state index is 0.239. The maximum absolute atomic E-state index is 9.32. The van der Waals surface area contributed by atoms with E-state index in [4.69, 9.17) is 0 Å². The van der Waals surface area contributed by atoms with E-state index in [9.17, 15) is 10.2 Å². The minimum Gasteiger partial charge on any atom is -0.508 e. The summed E-state index contributed by atoms with van der Waals surface area (Å²) in [5.41, 5.74) is 3.58. The molecule has 0 aliphatic carbocycles. The highest BCUT2D eigenvalue weighted by molar-refractivity contribution is 5.66. The van der Waals surface area contributed by atoms with Crippen LogP contribution < -0.4 is 0 Å². The number of nitrogens with zero attached hydrogens (tertiary/aromatic N) is 1. The summed E-state index contributed by atoms with van der Waals surface area (Å²) in [4.78, 5) is 4.61. The molecule has 0 aliphatic rings. The molecule has 0 bridgehead atoms. The van der Waals surface area contributed by atoms with Crippen molar-refractivity contribution in [3.8, 4) is 34.0 Å². The standard InChI is InChI=1S/C17H13NO2/c19-14-8-4-12(5-9-14)16-2-1-3-17(18-16)13-6-10-15(20)11-7-13/h1-11,19-20H. The number of phenols is 2. The summed E-state index contributed by atoms with van der Waals surface area (Å²) in [5.74, 6) is 0.479. The molecule has 2 N–H and O–H groups in total. The third-order valence-electron chi connectivity index (χ3n) is 3.08. The van der Waals surface area contributed by atoms with Crippen molar-refractivity contribution < 1.29 is 10.2 Å². The van der Waals surface area contributed by atoms with Gasteiger partial charge in [0.25, 0.3) is 0 Å². The summed E-state index contributed by atoms with van der Waals surface area (Å²) >= 11 is 0. The number of hydrogen-bond acceptors (Lipinski definition) is 3. The smallest absolute Gasteiger partial charge is 0.115 e. The molecule has 0 aliphatic heterocycles. The summed E-state index contributed by atoms with van der Waals surface area (Å²) in [6, 6.07) is 19.7. The Hall–Kier alpha value is -2.81. The molecule has 2 aromatic carbocycles. The Kier molecular flexibility index (Phi) is 3.09. The van der Waals surface area contributed by atoms with Crippen molar-refractivity contribution >= 4 is 0 Å². The van der Waals surface area contributed by atoms with Gasteiger partial charge in [-0.1, -0.05) is 6.07 Å². The molecule has 0 amide bonds. The number of pyridine rings is 1. The fourth-order valence-corrected chi connectivity index (χ4v) is 2.02. The summed E-state index contributed by atoms with van der Waals surface area (Å²) in [6.45, 7) is 0. The molecule has 0 fully saturated rings. The molecule has 0 atom stereocenters. The van der Waals surface area contributed by atoms with E-state index in [2.05, 4.69) is 4.98 Å². The molecule has 3 heteroatoms. The molecule has 3 nitrogen and oxygen atoms in total. The highest BCUT2D eigenvalue weighted by atomic mass is 16.3. The summed E-state index contributed by atoms with van der Waals surface area (Å²) in [6.07, 6.45) is 0. The van der Waals surface area contributed by atoms with Crippen LogP contribution in [0.15, 0.2) is 66.7 Å². The molecule has 20 heavy (non-hydrogen) atoms. The quantitative estimate of drug-likeness (QED) is 0.738. The maximum Gasteiger partial charge on any atom is 0.115 e.